The number of nitrogens with zero attached hydrogens (tertiary/aromatic N) is 1. The first kappa shape index (κ1) is 11.2. The lowest BCUT2D eigenvalue weighted by Crippen LogP contribution is -2.16. The van der Waals surface area contributed by atoms with Crippen molar-refractivity contribution in [3.63, 3.8) is 0 Å². The first-order valence-electron chi connectivity index (χ1n) is 5.86. The molecule has 2 N–H and O–H groups in total. The lowest BCUT2D eigenvalue weighted by molar-refractivity contribution is 0.0524. The Morgan fingerprint density at radius 2 is 2.38 bits per heavy atom. The highest BCUT2D eigenvalue weighted by Crippen LogP contribution is 2.24. The summed E-state index contributed by atoms with van der Waals surface area (Å²) in [4.78, 5) is 11.8. The second-order valence-corrected chi connectivity index (χ2v) is 4.03. The van der Waals surface area contributed by atoms with Crippen LogP contribution in [0.4, 0.5) is 0 Å². The first-order chi connectivity index (χ1) is 7.77. The van der Waals surface area contributed by atoms with E-state index in [9.17, 15) is 4.79 Å². The Labute approximate surface area is 95.4 Å². The lowest BCUT2D eigenvalue weighted by atomic mass is 10.1. The average Bonchev–Trinajstić information content (AvgIpc) is 2.68. The Morgan fingerprint density at radius 1 is 1.56 bits per heavy atom. The summed E-state index contributed by atoms with van der Waals surface area (Å²) >= 11 is 0. The van der Waals surface area contributed by atoms with Crippen LogP contribution in [0, 0.1) is 0 Å². The number of carbonyl (C=O) groups excluding carboxylic acids is 1. The van der Waals surface area contributed by atoms with Gasteiger partial charge in [-0.3, -0.25) is 0 Å². The third-order valence-corrected chi connectivity index (χ3v) is 3.04. The van der Waals surface area contributed by atoms with Crippen molar-refractivity contribution in [3.05, 3.63) is 23.0 Å². The summed E-state index contributed by atoms with van der Waals surface area (Å²) in [5.41, 5.74) is 8.54. The van der Waals surface area contributed by atoms with Crippen LogP contribution in [0.25, 0.3) is 0 Å². The number of carbonyl (C=O) groups is 1. The molecule has 0 unspecified atom stereocenters. The van der Waals surface area contributed by atoms with Crippen molar-refractivity contribution in [2.45, 2.75) is 39.3 Å². The van der Waals surface area contributed by atoms with Crippen molar-refractivity contribution in [1.29, 1.82) is 0 Å². The van der Waals surface area contributed by atoms with Crippen LogP contribution in [0.3, 0.4) is 0 Å². The van der Waals surface area contributed by atoms with Gasteiger partial charge in [-0.2, -0.15) is 0 Å². The molecule has 0 saturated heterocycles. The summed E-state index contributed by atoms with van der Waals surface area (Å²) in [6, 6.07) is 1.89. The molecule has 0 radical (unpaired) electrons. The second-order valence-electron chi connectivity index (χ2n) is 4.03. The molecule has 16 heavy (non-hydrogen) atoms. The molecule has 1 aliphatic heterocycles. The third kappa shape index (κ3) is 1.85. The number of hydrogen-bond donors (Lipinski definition) is 1. The summed E-state index contributed by atoms with van der Waals surface area (Å²) in [6.07, 6.45) is 3.26. The van der Waals surface area contributed by atoms with E-state index in [1.165, 1.54) is 0 Å². The van der Waals surface area contributed by atoms with Gasteiger partial charge in [-0.05, 0) is 32.3 Å². The van der Waals surface area contributed by atoms with Crippen LogP contribution >= 0.6 is 0 Å². The molecule has 1 aromatic heterocycles. The van der Waals surface area contributed by atoms with Crippen LogP contribution < -0.4 is 5.73 Å². The number of rotatable bonds is 3. The molecule has 2 rings (SSSR count). The highest BCUT2D eigenvalue weighted by Gasteiger charge is 2.22. The average molecular weight is 222 g/mol. The van der Waals surface area contributed by atoms with Crippen molar-refractivity contribution in [3.8, 4) is 0 Å². The van der Waals surface area contributed by atoms with E-state index >= 15 is 0 Å². The Bertz CT molecular complexity index is 396. The smallest absolute Gasteiger partial charge is 0.339 e. The van der Waals surface area contributed by atoms with E-state index in [4.69, 9.17) is 10.5 Å². The molecule has 1 aliphatic rings. The molecule has 0 aromatic carbocycles. The molecule has 0 atom stereocenters. The second kappa shape index (κ2) is 4.70. The molecule has 0 aliphatic carbocycles. The van der Waals surface area contributed by atoms with Gasteiger partial charge >= 0.3 is 5.97 Å². The SMILES string of the molecule is CCOC(=O)c1cc(CN)n2c1CCCC2. The Morgan fingerprint density at radius 3 is 3.06 bits per heavy atom. The fourth-order valence-electron chi connectivity index (χ4n) is 2.31. The predicted octanol–water partition coefficient (Wildman–Crippen LogP) is 1.46. The van der Waals surface area contributed by atoms with Crippen LogP contribution in [0.15, 0.2) is 6.07 Å². The van der Waals surface area contributed by atoms with E-state index in [1.807, 2.05) is 13.0 Å². The molecule has 2 heterocycles. The topological polar surface area (TPSA) is 57.2 Å². The molecule has 4 heteroatoms. The molecule has 4 nitrogen and oxygen atoms in total. The summed E-state index contributed by atoms with van der Waals surface area (Å²) < 4.78 is 7.24. The van der Waals surface area contributed by atoms with Crippen molar-refractivity contribution >= 4 is 5.97 Å². The molecule has 0 spiro atoms. The summed E-state index contributed by atoms with van der Waals surface area (Å²) in [6.45, 7) is 3.69. The van der Waals surface area contributed by atoms with Crippen LogP contribution in [0.5, 0.6) is 0 Å². The van der Waals surface area contributed by atoms with E-state index in [2.05, 4.69) is 4.57 Å². The van der Waals surface area contributed by atoms with E-state index in [1.54, 1.807) is 0 Å². The monoisotopic (exact) mass is 222 g/mol. The quantitative estimate of drug-likeness (QED) is 0.788. The predicted molar refractivity (Wildman–Crippen MR) is 61.2 cm³/mol. The maximum absolute atomic E-state index is 11.8. The van der Waals surface area contributed by atoms with Gasteiger partial charge < -0.3 is 15.0 Å². The van der Waals surface area contributed by atoms with Crippen LogP contribution in [-0.2, 0) is 24.2 Å². The Balaban J connectivity index is 2.38. The zero-order valence-corrected chi connectivity index (χ0v) is 9.66. The van der Waals surface area contributed by atoms with Gasteiger partial charge in [0.2, 0.25) is 0 Å². The first-order valence-corrected chi connectivity index (χ1v) is 5.86. The van der Waals surface area contributed by atoms with Gasteiger partial charge in [-0.25, -0.2) is 4.79 Å². The number of aromatic nitrogens is 1. The van der Waals surface area contributed by atoms with E-state index in [0.717, 1.165) is 37.2 Å². The third-order valence-electron chi connectivity index (χ3n) is 3.04. The van der Waals surface area contributed by atoms with Crippen molar-refractivity contribution in [2.24, 2.45) is 5.73 Å². The number of esters is 1. The van der Waals surface area contributed by atoms with Crippen LogP contribution in [0.1, 0.15) is 41.5 Å². The van der Waals surface area contributed by atoms with Crippen LogP contribution in [-0.4, -0.2) is 17.1 Å². The number of fused-ring (bicyclic) bond motifs is 1. The summed E-state index contributed by atoms with van der Waals surface area (Å²) in [5, 5.41) is 0. The Kier molecular flexibility index (Phi) is 3.29. The molecular weight excluding hydrogens is 204 g/mol. The molecule has 0 bridgehead atoms. The highest BCUT2D eigenvalue weighted by atomic mass is 16.5. The van der Waals surface area contributed by atoms with Crippen molar-refractivity contribution in [1.82, 2.24) is 4.57 Å². The van der Waals surface area contributed by atoms with Crippen molar-refractivity contribution in [2.75, 3.05) is 6.61 Å². The largest absolute Gasteiger partial charge is 0.462 e. The normalized spacial score (nSPS) is 14.6. The summed E-state index contributed by atoms with van der Waals surface area (Å²) in [7, 11) is 0. The van der Waals surface area contributed by atoms with Gasteiger partial charge in [0.05, 0.1) is 12.2 Å². The van der Waals surface area contributed by atoms with Gasteiger partial charge in [-0.15, -0.1) is 0 Å². The van der Waals surface area contributed by atoms with Crippen molar-refractivity contribution < 1.29 is 9.53 Å². The minimum absolute atomic E-state index is 0.215. The zero-order chi connectivity index (χ0) is 11.5. The molecule has 0 fully saturated rings. The minimum atomic E-state index is -0.215. The molecule has 0 saturated carbocycles. The number of ether oxygens (including phenoxy) is 1. The highest BCUT2D eigenvalue weighted by molar-refractivity contribution is 5.91. The van der Waals surface area contributed by atoms with E-state index < -0.39 is 0 Å². The molecule has 0 amide bonds. The maximum atomic E-state index is 11.8. The van der Waals surface area contributed by atoms with E-state index in [-0.39, 0.29) is 5.97 Å². The van der Waals surface area contributed by atoms with Gasteiger partial charge in [0.25, 0.3) is 0 Å². The van der Waals surface area contributed by atoms with E-state index in [0.29, 0.717) is 18.7 Å². The Hall–Kier alpha value is -1.29. The molecular formula is C12H18N2O2. The van der Waals surface area contributed by atoms with Gasteiger partial charge in [-0.1, -0.05) is 0 Å². The fourth-order valence-corrected chi connectivity index (χ4v) is 2.31. The maximum Gasteiger partial charge on any atom is 0.339 e. The minimum Gasteiger partial charge on any atom is -0.462 e. The van der Waals surface area contributed by atoms with Gasteiger partial charge in [0, 0.05) is 24.5 Å². The van der Waals surface area contributed by atoms with Gasteiger partial charge in [0.15, 0.2) is 0 Å². The fraction of sp³-hybridized carbons (Fsp3) is 0.583. The standard InChI is InChI=1S/C12H18N2O2/c1-2-16-12(15)10-7-9(8-13)14-6-4-3-5-11(10)14/h7H,2-6,8,13H2,1H3. The molecule has 1 aromatic rings. The van der Waals surface area contributed by atoms with Gasteiger partial charge in [0.1, 0.15) is 0 Å². The van der Waals surface area contributed by atoms with Crippen LogP contribution in [0.2, 0.25) is 0 Å². The lowest BCUT2D eigenvalue weighted by Gasteiger charge is -2.18. The number of nitrogens with two attached hydrogens (primary N) is 1. The summed E-state index contributed by atoms with van der Waals surface area (Å²) in [5.74, 6) is -0.215. The number of hydrogen-bond acceptors (Lipinski definition) is 3. The zero-order valence-electron chi connectivity index (χ0n) is 9.66. The molecule has 88 valence electrons.